The smallest absolute Gasteiger partial charge is 0.115 e. The van der Waals surface area contributed by atoms with Gasteiger partial charge >= 0.3 is 0 Å². The molecular weight excluding hydrogens is 208 g/mol. The Morgan fingerprint density at radius 3 is 3.07 bits per heavy atom. The van der Waals surface area contributed by atoms with Gasteiger partial charge in [-0.2, -0.15) is 5.26 Å². The van der Waals surface area contributed by atoms with Gasteiger partial charge in [0.25, 0.3) is 0 Å². The van der Waals surface area contributed by atoms with Gasteiger partial charge in [0.15, 0.2) is 0 Å². The molecule has 0 radical (unpaired) electrons. The summed E-state index contributed by atoms with van der Waals surface area (Å²) in [5.41, 5.74) is 1.74. The third-order valence-corrected chi connectivity index (χ3v) is 3.88. The predicted molar refractivity (Wildman–Crippen MR) is 58.1 cm³/mol. The van der Waals surface area contributed by atoms with Crippen molar-refractivity contribution in [2.24, 2.45) is 11.3 Å². The van der Waals surface area contributed by atoms with Crippen molar-refractivity contribution in [2.45, 2.75) is 32.3 Å². The number of aliphatic hydroxyl groups is 1. The molecule has 0 spiro atoms. The molecular formula is C11H14N2OS. The van der Waals surface area contributed by atoms with Crippen molar-refractivity contribution in [3.8, 4) is 6.07 Å². The standard InChI is InChI=1S/C11H14N2OS/c1-8-2-3-11(4-8,6-12)10(14)9-5-15-7-13-9/h5,7-8,10,14H,2-4H2,1H3. The van der Waals surface area contributed by atoms with Crippen LogP contribution < -0.4 is 0 Å². The number of nitriles is 1. The van der Waals surface area contributed by atoms with Gasteiger partial charge in [-0.1, -0.05) is 6.92 Å². The summed E-state index contributed by atoms with van der Waals surface area (Å²) in [4.78, 5) is 4.10. The van der Waals surface area contributed by atoms with Crippen molar-refractivity contribution < 1.29 is 5.11 Å². The van der Waals surface area contributed by atoms with Gasteiger partial charge in [-0.05, 0) is 25.2 Å². The lowest BCUT2D eigenvalue weighted by atomic mass is 9.80. The van der Waals surface area contributed by atoms with Gasteiger partial charge < -0.3 is 5.11 Å². The Hall–Kier alpha value is -0.920. The topological polar surface area (TPSA) is 56.9 Å². The fourth-order valence-corrected chi connectivity index (χ4v) is 2.95. The van der Waals surface area contributed by atoms with Crippen molar-refractivity contribution in [3.05, 3.63) is 16.6 Å². The van der Waals surface area contributed by atoms with Crippen molar-refractivity contribution in [1.29, 1.82) is 5.26 Å². The second-order valence-corrected chi connectivity index (χ2v) is 5.15. The number of aliphatic hydroxyl groups excluding tert-OH is 1. The van der Waals surface area contributed by atoms with Crippen LogP contribution in [0.5, 0.6) is 0 Å². The van der Waals surface area contributed by atoms with Gasteiger partial charge in [-0.3, -0.25) is 0 Å². The molecule has 1 aromatic rings. The van der Waals surface area contributed by atoms with E-state index in [1.165, 1.54) is 11.3 Å². The quantitative estimate of drug-likeness (QED) is 0.836. The number of hydrogen-bond donors (Lipinski definition) is 1. The highest BCUT2D eigenvalue weighted by molar-refractivity contribution is 7.07. The fraction of sp³-hybridized carbons (Fsp3) is 0.636. The molecule has 1 aliphatic carbocycles. The zero-order valence-electron chi connectivity index (χ0n) is 8.68. The Morgan fingerprint density at radius 2 is 2.60 bits per heavy atom. The Balaban J connectivity index is 2.25. The Labute approximate surface area is 93.4 Å². The van der Waals surface area contributed by atoms with Crippen molar-refractivity contribution in [2.75, 3.05) is 0 Å². The molecule has 3 nitrogen and oxygen atoms in total. The normalized spacial score (nSPS) is 32.5. The third-order valence-electron chi connectivity index (χ3n) is 3.27. The summed E-state index contributed by atoms with van der Waals surface area (Å²) in [6.45, 7) is 2.13. The highest BCUT2D eigenvalue weighted by Crippen LogP contribution is 2.49. The maximum Gasteiger partial charge on any atom is 0.115 e. The molecule has 0 bridgehead atoms. The minimum absolute atomic E-state index is 0.526. The second kappa shape index (κ2) is 3.92. The lowest BCUT2D eigenvalue weighted by Gasteiger charge is -2.25. The third kappa shape index (κ3) is 1.77. The molecule has 1 N–H and O–H groups in total. The van der Waals surface area contributed by atoms with Crippen LogP contribution in [0.2, 0.25) is 0 Å². The van der Waals surface area contributed by atoms with Crippen molar-refractivity contribution in [1.82, 2.24) is 4.98 Å². The van der Waals surface area contributed by atoms with Crippen LogP contribution in [0.4, 0.5) is 0 Å². The predicted octanol–water partition coefficient (Wildman–Crippen LogP) is 2.51. The summed E-state index contributed by atoms with van der Waals surface area (Å²) < 4.78 is 0. The first kappa shape index (κ1) is 10.6. The van der Waals surface area contributed by atoms with Crippen LogP contribution in [0, 0.1) is 22.7 Å². The van der Waals surface area contributed by atoms with E-state index in [0.29, 0.717) is 11.6 Å². The first-order valence-corrected chi connectivity index (χ1v) is 6.09. The Bertz CT molecular complexity index is 370. The van der Waals surface area contributed by atoms with Crippen LogP contribution in [-0.2, 0) is 0 Å². The summed E-state index contributed by atoms with van der Waals surface area (Å²) in [6.07, 6.45) is 1.86. The SMILES string of the molecule is CC1CCC(C#N)(C(O)c2cscn2)C1. The summed E-state index contributed by atoms with van der Waals surface area (Å²) in [5.74, 6) is 0.526. The molecule has 1 fully saturated rings. The van der Waals surface area contributed by atoms with Crippen LogP contribution in [0.25, 0.3) is 0 Å². The van der Waals surface area contributed by atoms with Gasteiger partial charge in [0.1, 0.15) is 6.10 Å². The number of hydrogen-bond acceptors (Lipinski definition) is 4. The van der Waals surface area contributed by atoms with Crippen LogP contribution >= 0.6 is 11.3 Å². The number of nitrogens with zero attached hydrogens (tertiary/aromatic N) is 2. The van der Waals surface area contributed by atoms with Crippen molar-refractivity contribution in [3.63, 3.8) is 0 Å². The second-order valence-electron chi connectivity index (χ2n) is 4.43. The molecule has 3 atom stereocenters. The van der Waals surface area contributed by atoms with E-state index in [-0.39, 0.29) is 0 Å². The van der Waals surface area contributed by atoms with Gasteiger partial charge in [0.2, 0.25) is 0 Å². The molecule has 1 aliphatic rings. The van der Waals surface area contributed by atoms with Gasteiger partial charge in [0, 0.05) is 5.38 Å². The van der Waals surface area contributed by atoms with Gasteiger partial charge in [-0.15, -0.1) is 11.3 Å². The molecule has 15 heavy (non-hydrogen) atoms. The fourth-order valence-electron chi connectivity index (χ4n) is 2.38. The van der Waals surface area contributed by atoms with Gasteiger partial charge in [0.05, 0.1) is 22.7 Å². The van der Waals surface area contributed by atoms with E-state index in [9.17, 15) is 10.4 Å². The van der Waals surface area contributed by atoms with E-state index in [1.54, 1.807) is 5.51 Å². The molecule has 0 aromatic carbocycles. The molecule has 80 valence electrons. The first-order valence-electron chi connectivity index (χ1n) is 5.15. The minimum Gasteiger partial charge on any atom is -0.385 e. The summed E-state index contributed by atoms with van der Waals surface area (Å²) >= 11 is 1.46. The zero-order chi connectivity index (χ0) is 10.9. The molecule has 0 aliphatic heterocycles. The van der Waals surface area contributed by atoms with E-state index in [1.807, 2.05) is 5.38 Å². The molecule has 4 heteroatoms. The molecule has 2 rings (SSSR count). The van der Waals surface area contributed by atoms with Crippen LogP contribution in [0.3, 0.4) is 0 Å². The molecule has 1 heterocycles. The van der Waals surface area contributed by atoms with E-state index < -0.39 is 11.5 Å². The Kier molecular flexibility index (Phi) is 2.76. The van der Waals surface area contributed by atoms with Gasteiger partial charge in [-0.25, -0.2) is 4.98 Å². The average molecular weight is 222 g/mol. The molecule has 0 amide bonds. The lowest BCUT2D eigenvalue weighted by molar-refractivity contribution is 0.0615. The summed E-state index contributed by atoms with van der Waals surface area (Å²) in [5, 5.41) is 21.3. The van der Waals surface area contributed by atoms with E-state index in [2.05, 4.69) is 18.0 Å². The number of rotatable bonds is 2. The maximum absolute atomic E-state index is 10.2. The first-order chi connectivity index (χ1) is 7.18. The highest BCUT2D eigenvalue weighted by atomic mass is 32.1. The average Bonchev–Trinajstić information content (AvgIpc) is 2.86. The molecule has 1 saturated carbocycles. The van der Waals surface area contributed by atoms with E-state index in [4.69, 9.17) is 0 Å². The summed E-state index contributed by atoms with van der Waals surface area (Å²) in [6, 6.07) is 2.31. The molecule has 3 unspecified atom stereocenters. The Morgan fingerprint density at radius 1 is 1.80 bits per heavy atom. The highest BCUT2D eigenvalue weighted by Gasteiger charge is 2.45. The van der Waals surface area contributed by atoms with Crippen molar-refractivity contribution >= 4 is 11.3 Å². The van der Waals surface area contributed by atoms with E-state index in [0.717, 1.165) is 19.3 Å². The van der Waals surface area contributed by atoms with Crippen LogP contribution in [0.15, 0.2) is 10.9 Å². The monoisotopic (exact) mass is 222 g/mol. The van der Waals surface area contributed by atoms with Crippen LogP contribution in [0.1, 0.15) is 38.0 Å². The lowest BCUT2D eigenvalue weighted by Crippen LogP contribution is -2.24. The molecule has 1 aromatic heterocycles. The van der Waals surface area contributed by atoms with E-state index >= 15 is 0 Å². The summed E-state index contributed by atoms with van der Waals surface area (Å²) in [7, 11) is 0. The number of thiazole rings is 1. The molecule has 0 saturated heterocycles. The van der Waals surface area contributed by atoms with Crippen LogP contribution in [-0.4, -0.2) is 10.1 Å². The largest absolute Gasteiger partial charge is 0.385 e. The zero-order valence-corrected chi connectivity index (χ0v) is 9.50. The number of aromatic nitrogens is 1. The maximum atomic E-state index is 10.2. The minimum atomic E-state index is -0.723.